The van der Waals surface area contributed by atoms with Crippen LogP contribution in [0, 0.1) is 16.7 Å². The third-order valence-electron chi connectivity index (χ3n) is 5.77. The standard InChI is InChI=1S/C14H20ClN3O/c1-13(2)8-4-5-14(13,3)9(6-8)19-12-10(16)11(15)17-7-18-12/h7-9H,4-6,16H2,1-3H3. The van der Waals surface area contributed by atoms with Crippen molar-refractivity contribution in [2.24, 2.45) is 16.7 Å². The Labute approximate surface area is 118 Å². The second-order valence-electron chi connectivity index (χ2n) is 6.60. The molecule has 2 N–H and O–H groups in total. The number of hydrogen-bond donors (Lipinski definition) is 1. The Bertz CT molecular complexity index is 519. The van der Waals surface area contributed by atoms with E-state index >= 15 is 0 Å². The van der Waals surface area contributed by atoms with Crippen LogP contribution in [0.15, 0.2) is 6.33 Å². The van der Waals surface area contributed by atoms with Crippen LogP contribution < -0.4 is 10.5 Å². The molecular weight excluding hydrogens is 262 g/mol. The number of aromatic nitrogens is 2. The summed E-state index contributed by atoms with van der Waals surface area (Å²) in [5, 5.41) is 0.262. The number of nitrogen functional groups attached to an aromatic ring is 1. The van der Waals surface area contributed by atoms with E-state index in [9.17, 15) is 0 Å². The highest BCUT2D eigenvalue weighted by Crippen LogP contribution is 2.66. The van der Waals surface area contributed by atoms with Gasteiger partial charge in [-0.05, 0) is 30.6 Å². The highest BCUT2D eigenvalue weighted by atomic mass is 35.5. The molecule has 0 aliphatic heterocycles. The SMILES string of the molecule is CC1(C)C2CCC1(C)C(Oc1ncnc(Cl)c1N)C2. The zero-order valence-corrected chi connectivity index (χ0v) is 12.4. The van der Waals surface area contributed by atoms with Crippen molar-refractivity contribution in [3.63, 3.8) is 0 Å². The summed E-state index contributed by atoms with van der Waals surface area (Å²) in [6.45, 7) is 7.03. The first-order valence-corrected chi connectivity index (χ1v) is 7.16. The maximum absolute atomic E-state index is 6.10. The first-order chi connectivity index (χ1) is 8.86. The van der Waals surface area contributed by atoms with Gasteiger partial charge < -0.3 is 10.5 Å². The molecule has 1 heterocycles. The molecule has 1 aromatic heterocycles. The van der Waals surface area contributed by atoms with Crippen LogP contribution in [-0.4, -0.2) is 16.1 Å². The van der Waals surface area contributed by atoms with E-state index in [1.165, 1.54) is 19.2 Å². The summed E-state index contributed by atoms with van der Waals surface area (Å²) in [6, 6.07) is 0. The highest BCUT2D eigenvalue weighted by Gasteiger charge is 2.62. The molecule has 104 valence electrons. The van der Waals surface area contributed by atoms with Crippen LogP contribution in [-0.2, 0) is 0 Å². The molecule has 0 radical (unpaired) electrons. The Balaban J connectivity index is 1.88. The van der Waals surface area contributed by atoms with Crippen LogP contribution >= 0.6 is 11.6 Å². The van der Waals surface area contributed by atoms with E-state index < -0.39 is 0 Å². The number of hydrogen-bond acceptors (Lipinski definition) is 4. The Morgan fingerprint density at radius 2 is 2.11 bits per heavy atom. The van der Waals surface area contributed by atoms with Gasteiger partial charge in [-0.15, -0.1) is 0 Å². The summed E-state index contributed by atoms with van der Waals surface area (Å²) < 4.78 is 6.10. The lowest BCUT2D eigenvalue weighted by Crippen LogP contribution is -2.39. The minimum atomic E-state index is 0.162. The van der Waals surface area contributed by atoms with Crippen LogP contribution in [0.4, 0.5) is 5.69 Å². The van der Waals surface area contributed by atoms with E-state index in [-0.39, 0.29) is 16.7 Å². The van der Waals surface area contributed by atoms with Gasteiger partial charge in [0.1, 0.15) is 18.1 Å². The average molecular weight is 282 g/mol. The smallest absolute Gasteiger partial charge is 0.242 e. The Kier molecular flexibility index (Phi) is 2.72. The van der Waals surface area contributed by atoms with Crippen molar-refractivity contribution in [2.75, 3.05) is 5.73 Å². The quantitative estimate of drug-likeness (QED) is 0.845. The van der Waals surface area contributed by atoms with E-state index in [1.54, 1.807) is 0 Å². The molecule has 3 rings (SSSR count). The molecule has 0 saturated heterocycles. The van der Waals surface area contributed by atoms with Crippen molar-refractivity contribution in [3.05, 3.63) is 11.5 Å². The molecular formula is C14H20ClN3O. The van der Waals surface area contributed by atoms with Crippen molar-refractivity contribution >= 4 is 17.3 Å². The molecule has 3 atom stereocenters. The van der Waals surface area contributed by atoms with Crippen LogP contribution in [0.2, 0.25) is 5.15 Å². The Morgan fingerprint density at radius 3 is 2.68 bits per heavy atom. The molecule has 2 bridgehead atoms. The van der Waals surface area contributed by atoms with Gasteiger partial charge >= 0.3 is 0 Å². The maximum Gasteiger partial charge on any atom is 0.242 e. The van der Waals surface area contributed by atoms with E-state index in [4.69, 9.17) is 22.1 Å². The fraction of sp³-hybridized carbons (Fsp3) is 0.714. The second-order valence-corrected chi connectivity index (χ2v) is 6.96. The molecule has 1 aromatic rings. The summed E-state index contributed by atoms with van der Waals surface area (Å²) >= 11 is 5.91. The summed E-state index contributed by atoms with van der Waals surface area (Å²) in [5.74, 6) is 1.15. The topological polar surface area (TPSA) is 61.0 Å². The molecule has 19 heavy (non-hydrogen) atoms. The van der Waals surface area contributed by atoms with E-state index in [1.807, 2.05) is 0 Å². The molecule has 0 aromatic carbocycles. The van der Waals surface area contributed by atoms with Gasteiger partial charge in [0.05, 0.1) is 0 Å². The minimum Gasteiger partial charge on any atom is -0.472 e. The van der Waals surface area contributed by atoms with Gasteiger partial charge in [-0.2, -0.15) is 4.98 Å². The summed E-state index contributed by atoms with van der Waals surface area (Å²) in [7, 11) is 0. The molecule has 2 saturated carbocycles. The second kappa shape index (κ2) is 3.98. The van der Waals surface area contributed by atoms with Gasteiger partial charge in [-0.1, -0.05) is 32.4 Å². The summed E-state index contributed by atoms with van der Waals surface area (Å²) in [6.07, 6.45) is 5.13. The lowest BCUT2D eigenvalue weighted by molar-refractivity contribution is 0.0277. The van der Waals surface area contributed by atoms with Crippen molar-refractivity contribution < 1.29 is 4.74 Å². The van der Waals surface area contributed by atoms with Gasteiger partial charge in [0.25, 0.3) is 0 Å². The summed E-state index contributed by atoms with van der Waals surface area (Å²) in [4.78, 5) is 7.98. The largest absolute Gasteiger partial charge is 0.472 e. The third kappa shape index (κ3) is 1.65. The molecule has 3 unspecified atom stereocenters. The Morgan fingerprint density at radius 1 is 1.37 bits per heavy atom. The number of anilines is 1. The van der Waals surface area contributed by atoms with Crippen LogP contribution in [0.25, 0.3) is 0 Å². The molecule has 4 nitrogen and oxygen atoms in total. The predicted octanol–water partition coefficient (Wildman–Crippen LogP) is 3.31. The van der Waals surface area contributed by atoms with Crippen molar-refractivity contribution in [1.82, 2.24) is 9.97 Å². The molecule has 5 heteroatoms. The van der Waals surface area contributed by atoms with E-state index in [0.717, 1.165) is 12.3 Å². The fourth-order valence-electron chi connectivity index (χ4n) is 3.90. The predicted molar refractivity (Wildman–Crippen MR) is 75.1 cm³/mol. The van der Waals surface area contributed by atoms with E-state index in [0.29, 0.717) is 17.0 Å². The van der Waals surface area contributed by atoms with Crippen LogP contribution in [0.3, 0.4) is 0 Å². The number of halogens is 1. The molecule has 2 aliphatic carbocycles. The number of rotatable bonds is 2. The summed E-state index contributed by atoms with van der Waals surface area (Å²) in [5.41, 5.74) is 6.72. The fourth-order valence-corrected chi connectivity index (χ4v) is 4.02. The van der Waals surface area contributed by atoms with Crippen molar-refractivity contribution in [2.45, 2.75) is 46.1 Å². The third-order valence-corrected chi connectivity index (χ3v) is 6.07. The highest BCUT2D eigenvalue weighted by molar-refractivity contribution is 6.32. The van der Waals surface area contributed by atoms with Gasteiger partial charge in [-0.25, -0.2) is 4.98 Å². The molecule has 0 amide bonds. The number of ether oxygens (including phenoxy) is 1. The zero-order valence-electron chi connectivity index (χ0n) is 11.6. The number of fused-ring (bicyclic) bond motifs is 2. The average Bonchev–Trinajstić information content (AvgIpc) is 2.68. The first-order valence-electron chi connectivity index (χ1n) is 6.79. The molecule has 2 fully saturated rings. The normalized spacial score (nSPS) is 35.6. The van der Waals surface area contributed by atoms with E-state index in [2.05, 4.69) is 30.7 Å². The van der Waals surface area contributed by atoms with Gasteiger partial charge in [0, 0.05) is 5.41 Å². The van der Waals surface area contributed by atoms with Gasteiger partial charge in [-0.3, -0.25) is 0 Å². The van der Waals surface area contributed by atoms with Gasteiger partial charge in [0.15, 0.2) is 5.15 Å². The van der Waals surface area contributed by atoms with Crippen LogP contribution in [0.5, 0.6) is 5.88 Å². The van der Waals surface area contributed by atoms with Crippen molar-refractivity contribution in [1.29, 1.82) is 0 Å². The van der Waals surface area contributed by atoms with Gasteiger partial charge in [0.2, 0.25) is 5.88 Å². The van der Waals surface area contributed by atoms with Crippen molar-refractivity contribution in [3.8, 4) is 5.88 Å². The molecule has 2 aliphatic rings. The first kappa shape index (κ1) is 13.0. The van der Waals surface area contributed by atoms with Crippen LogP contribution in [0.1, 0.15) is 40.0 Å². The minimum absolute atomic E-state index is 0.162. The number of nitrogens with two attached hydrogens (primary N) is 1. The number of nitrogens with zero attached hydrogens (tertiary/aromatic N) is 2. The maximum atomic E-state index is 6.10. The monoisotopic (exact) mass is 281 g/mol. The molecule has 0 spiro atoms. The lowest BCUT2D eigenvalue weighted by atomic mass is 9.70. The lowest BCUT2D eigenvalue weighted by Gasteiger charge is -2.38. The zero-order chi connectivity index (χ0) is 13.8. The Hall–Kier alpha value is -1.03.